The third kappa shape index (κ3) is 3.73. The fraction of sp³-hybridized carbons (Fsp3) is 0.0435. The molecule has 0 spiro atoms. The molecule has 1 aromatic heterocycles. The average molecular weight is 407 g/mol. The van der Waals surface area contributed by atoms with Crippen LogP contribution in [-0.4, -0.2) is 13.1 Å². The van der Waals surface area contributed by atoms with Crippen molar-refractivity contribution in [3.8, 4) is 22.6 Å². The summed E-state index contributed by atoms with van der Waals surface area (Å²) < 4.78 is 16.4. The van der Waals surface area contributed by atoms with Crippen molar-refractivity contribution in [3.63, 3.8) is 0 Å². The lowest BCUT2D eigenvalue weighted by Gasteiger charge is -2.09. The zero-order valence-electron chi connectivity index (χ0n) is 15.3. The van der Waals surface area contributed by atoms with Crippen LogP contribution in [0.5, 0.6) is 11.5 Å². The second kappa shape index (κ2) is 7.81. The molecule has 0 aliphatic carbocycles. The highest BCUT2D eigenvalue weighted by molar-refractivity contribution is 6.30. The van der Waals surface area contributed by atoms with Gasteiger partial charge in [0.1, 0.15) is 23.3 Å². The summed E-state index contributed by atoms with van der Waals surface area (Å²) in [5.41, 5.74) is 1.46. The molecule has 4 rings (SSSR count). The number of hydrogen-bond donors (Lipinski definition) is 0. The van der Waals surface area contributed by atoms with E-state index in [4.69, 9.17) is 25.5 Å². The summed E-state index contributed by atoms with van der Waals surface area (Å²) in [6.07, 6.45) is 1.38. The molecule has 1 heterocycles. The van der Waals surface area contributed by atoms with E-state index in [0.29, 0.717) is 38.4 Å². The Morgan fingerprint density at radius 2 is 1.79 bits per heavy atom. The maximum atomic E-state index is 13.0. The van der Waals surface area contributed by atoms with Crippen molar-refractivity contribution in [2.24, 2.45) is 0 Å². The van der Waals surface area contributed by atoms with Gasteiger partial charge in [0.05, 0.1) is 23.6 Å². The van der Waals surface area contributed by atoms with Gasteiger partial charge in [-0.3, -0.25) is 4.79 Å². The van der Waals surface area contributed by atoms with Crippen LogP contribution in [0.3, 0.4) is 0 Å². The molecule has 0 saturated carbocycles. The summed E-state index contributed by atoms with van der Waals surface area (Å²) in [5, 5.41) is 0.809. The molecule has 0 amide bonds. The van der Waals surface area contributed by atoms with Gasteiger partial charge in [-0.05, 0) is 36.4 Å². The van der Waals surface area contributed by atoms with Crippen LogP contribution in [0.1, 0.15) is 10.4 Å². The zero-order valence-corrected chi connectivity index (χ0v) is 16.1. The van der Waals surface area contributed by atoms with Crippen LogP contribution in [-0.2, 0) is 0 Å². The van der Waals surface area contributed by atoms with Gasteiger partial charge in [-0.15, -0.1) is 0 Å². The van der Waals surface area contributed by atoms with Crippen molar-refractivity contribution in [1.82, 2.24) is 0 Å². The first kappa shape index (κ1) is 18.8. The van der Waals surface area contributed by atoms with E-state index >= 15 is 0 Å². The van der Waals surface area contributed by atoms with E-state index in [1.165, 1.54) is 18.4 Å². The Morgan fingerprint density at radius 3 is 2.59 bits per heavy atom. The summed E-state index contributed by atoms with van der Waals surface area (Å²) in [5.74, 6) is 0.279. The Kier molecular flexibility index (Phi) is 5.06. The van der Waals surface area contributed by atoms with Gasteiger partial charge in [0.15, 0.2) is 0 Å². The van der Waals surface area contributed by atoms with Gasteiger partial charge in [-0.2, -0.15) is 0 Å². The van der Waals surface area contributed by atoms with Gasteiger partial charge in [-0.25, -0.2) is 4.79 Å². The largest absolute Gasteiger partial charge is 0.496 e. The molecular weight excluding hydrogens is 392 g/mol. The van der Waals surface area contributed by atoms with Crippen LogP contribution in [0.25, 0.3) is 22.1 Å². The van der Waals surface area contributed by atoms with Gasteiger partial charge in [0, 0.05) is 16.7 Å². The Balaban J connectivity index is 1.69. The minimum Gasteiger partial charge on any atom is -0.496 e. The van der Waals surface area contributed by atoms with E-state index < -0.39 is 5.97 Å². The second-order valence-corrected chi connectivity index (χ2v) is 6.67. The summed E-state index contributed by atoms with van der Waals surface area (Å²) in [6, 6.07) is 18.3. The first-order valence-electron chi connectivity index (χ1n) is 8.73. The van der Waals surface area contributed by atoms with Crippen LogP contribution in [0.4, 0.5) is 0 Å². The minimum absolute atomic E-state index is 0.205. The van der Waals surface area contributed by atoms with Crippen molar-refractivity contribution in [2.45, 2.75) is 0 Å². The van der Waals surface area contributed by atoms with Crippen LogP contribution >= 0.6 is 11.6 Å². The van der Waals surface area contributed by atoms with Gasteiger partial charge >= 0.3 is 5.97 Å². The van der Waals surface area contributed by atoms with Crippen molar-refractivity contribution in [1.29, 1.82) is 0 Å². The first-order valence-corrected chi connectivity index (χ1v) is 9.11. The number of methoxy groups -OCH3 is 1. The van der Waals surface area contributed by atoms with Crippen LogP contribution in [0.15, 0.2) is 82.2 Å². The smallest absolute Gasteiger partial charge is 0.343 e. The minimum atomic E-state index is -0.556. The molecule has 0 aliphatic heterocycles. The molecule has 4 aromatic rings. The number of rotatable bonds is 4. The molecule has 3 aromatic carbocycles. The normalized spacial score (nSPS) is 10.7. The highest BCUT2D eigenvalue weighted by Crippen LogP contribution is 2.29. The third-order valence-corrected chi connectivity index (χ3v) is 4.65. The van der Waals surface area contributed by atoms with E-state index in [9.17, 15) is 9.59 Å². The number of fused-ring (bicyclic) bond motifs is 1. The molecule has 0 atom stereocenters. The van der Waals surface area contributed by atoms with Gasteiger partial charge in [-0.1, -0.05) is 35.9 Å². The summed E-state index contributed by atoms with van der Waals surface area (Å²) in [6.45, 7) is 0. The lowest BCUT2D eigenvalue weighted by atomic mass is 10.0. The fourth-order valence-corrected chi connectivity index (χ4v) is 3.20. The molecule has 144 valence electrons. The van der Waals surface area contributed by atoms with E-state index in [0.717, 1.165) is 0 Å². The van der Waals surface area contributed by atoms with E-state index in [1.807, 2.05) is 12.1 Å². The summed E-state index contributed by atoms with van der Waals surface area (Å²) in [4.78, 5) is 25.2. The lowest BCUT2D eigenvalue weighted by Crippen LogP contribution is -2.09. The number of carbonyl (C=O) groups excluding carboxylic acids is 1. The van der Waals surface area contributed by atoms with Gasteiger partial charge < -0.3 is 13.9 Å². The Bertz CT molecular complexity index is 1280. The maximum absolute atomic E-state index is 13.0. The Hall–Kier alpha value is -3.57. The molecule has 5 nitrogen and oxygen atoms in total. The quantitative estimate of drug-likeness (QED) is 0.338. The van der Waals surface area contributed by atoms with Crippen molar-refractivity contribution in [2.75, 3.05) is 7.11 Å². The number of benzene rings is 3. The second-order valence-electron chi connectivity index (χ2n) is 6.24. The molecular formula is C23H15ClO5. The zero-order chi connectivity index (χ0) is 20.4. The highest BCUT2D eigenvalue weighted by atomic mass is 35.5. The Labute approximate surface area is 171 Å². The van der Waals surface area contributed by atoms with E-state index in [-0.39, 0.29) is 11.2 Å². The number of halogens is 1. The number of esters is 1. The molecule has 29 heavy (non-hydrogen) atoms. The molecule has 0 aliphatic rings. The SMILES string of the molecule is COc1ccccc1-c1coc2cc(OC(=O)c3cccc(Cl)c3)ccc2c1=O. The molecule has 0 radical (unpaired) electrons. The molecule has 0 N–H and O–H groups in total. The topological polar surface area (TPSA) is 65.7 Å². The number of hydrogen-bond acceptors (Lipinski definition) is 5. The predicted molar refractivity (Wildman–Crippen MR) is 111 cm³/mol. The molecule has 6 heteroatoms. The molecule has 0 unspecified atom stereocenters. The van der Waals surface area contributed by atoms with Crippen LogP contribution < -0.4 is 14.9 Å². The molecule has 0 fully saturated rings. The van der Waals surface area contributed by atoms with Crippen molar-refractivity contribution < 1.29 is 18.7 Å². The van der Waals surface area contributed by atoms with Crippen LogP contribution in [0, 0.1) is 0 Å². The van der Waals surface area contributed by atoms with Gasteiger partial charge in [0.25, 0.3) is 0 Å². The number of carbonyl (C=O) groups is 1. The first-order chi connectivity index (χ1) is 14.1. The fourth-order valence-electron chi connectivity index (χ4n) is 3.01. The average Bonchev–Trinajstić information content (AvgIpc) is 2.74. The lowest BCUT2D eigenvalue weighted by molar-refractivity contribution is 0.0735. The summed E-state index contributed by atoms with van der Waals surface area (Å²) >= 11 is 5.91. The van der Waals surface area contributed by atoms with Crippen molar-refractivity contribution >= 4 is 28.5 Å². The van der Waals surface area contributed by atoms with Crippen molar-refractivity contribution in [3.05, 3.63) is 93.8 Å². The van der Waals surface area contributed by atoms with Crippen LogP contribution in [0.2, 0.25) is 5.02 Å². The number of para-hydroxylation sites is 1. The molecule has 0 bridgehead atoms. The van der Waals surface area contributed by atoms with E-state index in [2.05, 4.69) is 0 Å². The number of ether oxygens (including phenoxy) is 2. The predicted octanol–water partition coefficient (Wildman–Crippen LogP) is 5.34. The summed E-state index contributed by atoms with van der Waals surface area (Å²) in [7, 11) is 1.54. The maximum Gasteiger partial charge on any atom is 0.343 e. The monoisotopic (exact) mass is 406 g/mol. The van der Waals surface area contributed by atoms with Gasteiger partial charge in [0.2, 0.25) is 5.43 Å². The third-order valence-electron chi connectivity index (χ3n) is 4.41. The Morgan fingerprint density at radius 1 is 0.966 bits per heavy atom. The molecule has 0 saturated heterocycles. The standard InChI is InChI=1S/C23H15ClO5/c1-27-20-8-3-2-7-17(20)19-13-28-21-12-16(9-10-18(21)22(19)25)29-23(26)14-5-4-6-15(24)11-14/h2-13H,1H3. The highest BCUT2D eigenvalue weighted by Gasteiger charge is 2.15. The van der Waals surface area contributed by atoms with E-state index in [1.54, 1.807) is 49.6 Å².